The second kappa shape index (κ2) is 2.43. The molecule has 0 aliphatic carbocycles. The number of nitrogens with zero attached hydrogens (tertiary/aromatic N) is 2. The molecule has 0 saturated heterocycles. The second-order valence-corrected chi connectivity index (χ2v) is 2.95. The molecule has 3 heteroatoms. The maximum atomic E-state index is 4.29. The highest BCUT2D eigenvalue weighted by Crippen LogP contribution is 2.15. The van der Waals surface area contributed by atoms with Crippen LogP contribution >= 0.6 is 11.3 Å². The third-order valence-electron chi connectivity index (χ3n) is 1.43. The maximum Gasteiger partial charge on any atom is 0.143 e. The fourth-order valence-corrected chi connectivity index (χ4v) is 1.54. The molecule has 2 nitrogen and oxygen atoms in total. The predicted octanol–water partition coefficient (Wildman–Crippen LogP) is 2.33. The van der Waals surface area contributed by atoms with Gasteiger partial charge in [0, 0.05) is 0 Å². The number of pyridine rings is 1. The molecule has 0 bridgehead atoms. The average molecular weight is 162 g/mol. The molecule has 0 aliphatic rings. The third kappa shape index (κ3) is 1.03. The summed E-state index contributed by atoms with van der Waals surface area (Å²) in [6.07, 6.45) is 1.74. The van der Waals surface area contributed by atoms with Gasteiger partial charge in [-0.25, -0.2) is 9.97 Å². The summed E-state index contributed by atoms with van der Waals surface area (Å²) in [6, 6.07) is 3.87. The standard InChI is InChI=1S/C8H6N2S/c1-2-6-3-4-7-8(10-6)11-5-9-7/h2-5H,1H2. The summed E-state index contributed by atoms with van der Waals surface area (Å²) in [6.45, 7) is 3.64. The van der Waals surface area contributed by atoms with E-state index in [0.29, 0.717) is 0 Å². The highest BCUT2D eigenvalue weighted by Gasteiger charge is 1.96. The normalized spacial score (nSPS) is 10.2. The minimum Gasteiger partial charge on any atom is -0.243 e. The van der Waals surface area contributed by atoms with Crippen LogP contribution in [0.15, 0.2) is 24.2 Å². The molecule has 0 unspecified atom stereocenters. The zero-order chi connectivity index (χ0) is 7.68. The van der Waals surface area contributed by atoms with Crippen molar-refractivity contribution in [2.24, 2.45) is 0 Å². The topological polar surface area (TPSA) is 25.8 Å². The van der Waals surface area contributed by atoms with E-state index >= 15 is 0 Å². The fourth-order valence-electron chi connectivity index (χ4n) is 0.879. The lowest BCUT2D eigenvalue weighted by Crippen LogP contribution is -1.77. The van der Waals surface area contributed by atoms with E-state index in [2.05, 4.69) is 16.5 Å². The number of hydrogen-bond acceptors (Lipinski definition) is 3. The van der Waals surface area contributed by atoms with Gasteiger partial charge in [-0.3, -0.25) is 0 Å². The van der Waals surface area contributed by atoms with E-state index in [-0.39, 0.29) is 0 Å². The summed E-state index contributed by atoms with van der Waals surface area (Å²) < 4.78 is 0. The lowest BCUT2D eigenvalue weighted by atomic mass is 10.3. The molecule has 0 N–H and O–H groups in total. The first-order chi connectivity index (χ1) is 5.40. The van der Waals surface area contributed by atoms with E-state index in [1.54, 1.807) is 22.9 Å². The van der Waals surface area contributed by atoms with Crippen LogP contribution in [0.5, 0.6) is 0 Å². The fraction of sp³-hybridized carbons (Fsp3) is 0. The molecule has 2 aromatic rings. The van der Waals surface area contributed by atoms with Crippen molar-refractivity contribution in [3.05, 3.63) is 29.9 Å². The molecule has 2 heterocycles. The number of thiazole rings is 1. The molecule has 0 atom stereocenters. The number of fused-ring (bicyclic) bond motifs is 1. The van der Waals surface area contributed by atoms with E-state index in [0.717, 1.165) is 16.0 Å². The molecule has 0 amide bonds. The van der Waals surface area contributed by atoms with Gasteiger partial charge in [0.1, 0.15) is 4.83 Å². The summed E-state index contributed by atoms with van der Waals surface area (Å²) in [5, 5.41) is 0. The van der Waals surface area contributed by atoms with E-state index in [1.807, 2.05) is 12.1 Å². The van der Waals surface area contributed by atoms with Crippen molar-refractivity contribution in [3.8, 4) is 0 Å². The van der Waals surface area contributed by atoms with Crippen molar-refractivity contribution in [1.29, 1.82) is 0 Å². The number of hydrogen-bond donors (Lipinski definition) is 0. The van der Waals surface area contributed by atoms with Gasteiger partial charge in [-0.15, -0.1) is 11.3 Å². The van der Waals surface area contributed by atoms with Gasteiger partial charge in [0.05, 0.1) is 16.7 Å². The monoisotopic (exact) mass is 162 g/mol. The Morgan fingerprint density at radius 3 is 3.18 bits per heavy atom. The van der Waals surface area contributed by atoms with Gasteiger partial charge >= 0.3 is 0 Å². The lowest BCUT2D eigenvalue weighted by Gasteiger charge is -1.89. The molecular weight excluding hydrogens is 156 g/mol. The second-order valence-electron chi connectivity index (χ2n) is 2.12. The molecule has 54 valence electrons. The number of aromatic nitrogens is 2. The summed E-state index contributed by atoms with van der Waals surface area (Å²) in [5.41, 5.74) is 3.66. The molecular formula is C8H6N2S. The Kier molecular flexibility index (Phi) is 1.43. The first kappa shape index (κ1) is 6.49. The third-order valence-corrected chi connectivity index (χ3v) is 2.16. The zero-order valence-corrected chi connectivity index (χ0v) is 6.64. The van der Waals surface area contributed by atoms with Crippen LogP contribution in [0.3, 0.4) is 0 Å². The Morgan fingerprint density at radius 2 is 2.36 bits per heavy atom. The number of rotatable bonds is 1. The zero-order valence-electron chi connectivity index (χ0n) is 5.82. The van der Waals surface area contributed by atoms with Gasteiger partial charge in [-0.05, 0) is 18.2 Å². The molecule has 0 aromatic carbocycles. The SMILES string of the molecule is C=Cc1ccc2ncsc2n1. The quantitative estimate of drug-likeness (QED) is 0.643. The summed E-state index contributed by atoms with van der Waals surface area (Å²) in [4.78, 5) is 9.38. The van der Waals surface area contributed by atoms with Gasteiger partial charge in [0.25, 0.3) is 0 Å². The first-order valence-corrected chi connectivity index (χ1v) is 4.11. The Hall–Kier alpha value is -1.22. The highest BCUT2D eigenvalue weighted by molar-refractivity contribution is 7.16. The summed E-state index contributed by atoms with van der Waals surface area (Å²) >= 11 is 1.55. The Labute approximate surface area is 68.2 Å². The Balaban J connectivity index is 2.76. The smallest absolute Gasteiger partial charge is 0.143 e. The minimum atomic E-state index is 0.904. The van der Waals surface area contributed by atoms with Crippen LogP contribution in [0.25, 0.3) is 16.4 Å². The van der Waals surface area contributed by atoms with Crippen molar-refractivity contribution >= 4 is 27.8 Å². The van der Waals surface area contributed by atoms with Crippen LogP contribution in [0.2, 0.25) is 0 Å². The average Bonchev–Trinajstić information content (AvgIpc) is 2.50. The minimum absolute atomic E-state index is 0.904. The van der Waals surface area contributed by atoms with E-state index in [4.69, 9.17) is 0 Å². The molecule has 0 radical (unpaired) electrons. The Morgan fingerprint density at radius 1 is 1.45 bits per heavy atom. The Bertz CT molecular complexity index is 392. The van der Waals surface area contributed by atoms with Gasteiger partial charge in [-0.2, -0.15) is 0 Å². The molecule has 0 aliphatic heterocycles. The van der Waals surface area contributed by atoms with Crippen LogP contribution in [0.4, 0.5) is 0 Å². The van der Waals surface area contributed by atoms with Crippen LogP contribution in [0.1, 0.15) is 5.69 Å². The highest BCUT2D eigenvalue weighted by atomic mass is 32.1. The molecule has 0 saturated carbocycles. The van der Waals surface area contributed by atoms with Gasteiger partial charge in [0.2, 0.25) is 0 Å². The summed E-state index contributed by atoms with van der Waals surface area (Å²) in [5.74, 6) is 0. The van der Waals surface area contributed by atoms with E-state index in [1.165, 1.54) is 0 Å². The molecule has 2 rings (SSSR count). The maximum absolute atomic E-state index is 4.29. The lowest BCUT2D eigenvalue weighted by molar-refractivity contribution is 1.37. The van der Waals surface area contributed by atoms with E-state index in [9.17, 15) is 0 Å². The molecule has 2 aromatic heterocycles. The van der Waals surface area contributed by atoms with Crippen LogP contribution in [0, 0.1) is 0 Å². The molecule has 0 fully saturated rings. The first-order valence-electron chi connectivity index (χ1n) is 3.23. The van der Waals surface area contributed by atoms with Crippen molar-refractivity contribution in [2.75, 3.05) is 0 Å². The van der Waals surface area contributed by atoms with Crippen LogP contribution in [-0.4, -0.2) is 9.97 Å². The van der Waals surface area contributed by atoms with E-state index < -0.39 is 0 Å². The van der Waals surface area contributed by atoms with Crippen molar-refractivity contribution in [3.63, 3.8) is 0 Å². The predicted molar refractivity (Wildman–Crippen MR) is 47.5 cm³/mol. The van der Waals surface area contributed by atoms with Gasteiger partial charge in [-0.1, -0.05) is 6.58 Å². The van der Waals surface area contributed by atoms with Crippen LogP contribution < -0.4 is 0 Å². The van der Waals surface area contributed by atoms with Crippen molar-refractivity contribution in [1.82, 2.24) is 9.97 Å². The van der Waals surface area contributed by atoms with Gasteiger partial charge < -0.3 is 0 Å². The van der Waals surface area contributed by atoms with Crippen LogP contribution in [-0.2, 0) is 0 Å². The van der Waals surface area contributed by atoms with Gasteiger partial charge in [0.15, 0.2) is 0 Å². The molecule has 0 spiro atoms. The van der Waals surface area contributed by atoms with Crippen molar-refractivity contribution in [2.45, 2.75) is 0 Å². The largest absolute Gasteiger partial charge is 0.243 e. The molecule has 11 heavy (non-hydrogen) atoms. The summed E-state index contributed by atoms with van der Waals surface area (Å²) in [7, 11) is 0. The van der Waals surface area contributed by atoms with Crippen molar-refractivity contribution < 1.29 is 0 Å².